The molecular weight excluding hydrogens is 270 g/mol. The van der Waals surface area contributed by atoms with Crippen LogP contribution in [-0.2, 0) is 0 Å². The van der Waals surface area contributed by atoms with Gasteiger partial charge in [-0.2, -0.15) is 5.10 Å². The first kappa shape index (κ1) is 13.3. The normalized spacial score (nSPS) is 15.0. The molecule has 1 aliphatic heterocycles. The van der Waals surface area contributed by atoms with Crippen molar-refractivity contribution in [1.29, 1.82) is 0 Å². The number of carboxylic acid groups (broad SMARTS) is 1. The first-order chi connectivity index (χ1) is 10.2. The van der Waals surface area contributed by atoms with E-state index in [4.69, 9.17) is 5.11 Å². The Balaban J connectivity index is 1.68. The van der Waals surface area contributed by atoms with Gasteiger partial charge in [-0.05, 0) is 24.3 Å². The van der Waals surface area contributed by atoms with Crippen LogP contribution in [0.15, 0.2) is 36.5 Å². The van der Waals surface area contributed by atoms with Crippen LogP contribution in [0.1, 0.15) is 10.5 Å². The molecular formula is C14H15N5O2. The van der Waals surface area contributed by atoms with Crippen molar-refractivity contribution in [1.82, 2.24) is 15.2 Å². The van der Waals surface area contributed by atoms with Crippen molar-refractivity contribution in [3.8, 4) is 0 Å². The summed E-state index contributed by atoms with van der Waals surface area (Å²) in [4.78, 5) is 19.4. The van der Waals surface area contributed by atoms with Crippen molar-refractivity contribution in [2.75, 3.05) is 36.0 Å². The summed E-state index contributed by atoms with van der Waals surface area (Å²) in [5, 5.41) is 17.0. The standard InChI is InChI=1S/C14H15N5O2/c20-14(21)11-3-1-4-12(16-11)18-7-9-19(10-8-18)13-5-2-6-15-17-13/h1-6H,7-10H2,(H,20,21). The van der Waals surface area contributed by atoms with E-state index in [0.717, 1.165) is 32.0 Å². The number of aromatic carboxylic acids is 1. The Morgan fingerprint density at radius 3 is 2.29 bits per heavy atom. The summed E-state index contributed by atoms with van der Waals surface area (Å²) in [5.41, 5.74) is 0.0730. The van der Waals surface area contributed by atoms with Gasteiger partial charge in [0.1, 0.15) is 5.82 Å². The Labute approximate surface area is 121 Å². The average molecular weight is 285 g/mol. The number of nitrogens with zero attached hydrogens (tertiary/aromatic N) is 5. The fourth-order valence-corrected chi connectivity index (χ4v) is 2.35. The van der Waals surface area contributed by atoms with Crippen LogP contribution in [0.2, 0.25) is 0 Å². The van der Waals surface area contributed by atoms with Gasteiger partial charge in [-0.1, -0.05) is 6.07 Å². The maximum absolute atomic E-state index is 11.0. The third-order valence-electron chi connectivity index (χ3n) is 3.44. The van der Waals surface area contributed by atoms with Gasteiger partial charge in [0.2, 0.25) is 0 Å². The highest BCUT2D eigenvalue weighted by molar-refractivity contribution is 5.85. The van der Waals surface area contributed by atoms with Gasteiger partial charge >= 0.3 is 5.97 Å². The lowest BCUT2D eigenvalue weighted by Crippen LogP contribution is -2.47. The number of piperazine rings is 1. The quantitative estimate of drug-likeness (QED) is 0.897. The van der Waals surface area contributed by atoms with E-state index < -0.39 is 5.97 Å². The third-order valence-corrected chi connectivity index (χ3v) is 3.44. The molecule has 3 rings (SSSR count). The highest BCUT2D eigenvalue weighted by atomic mass is 16.4. The number of hydrogen-bond donors (Lipinski definition) is 1. The predicted molar refractivity (Wildman–Crippen MR) is 77.7 cm³/mol. The molecule has 0 spiro atoms. The summed E-state index contributed by atoms with van der Waals surface area (Å²) in [7, 11) is 0. The fraction of sp³-hybridized carbons (Fsp3) is 0.286. The van der Waals surface area contributed by atoms with Crippen LogP contribution >= 0.6 is 0 Å². The molecule has 1 N–H and O–H groups in total. The summed E-state index contributed by atoms with van der Waals surface area (Å²) in [5.74, 6) is 0.563. The van der Waals surface area contributed by atoms with Crippen LogP contribution in [0.5, 0.6) is 0 Å². The lowest BCUT2D eigenvalue weighted by atomic mass is 10.3. The van der Waals surface area contributed by atoms with Crippen molar-refractivity contribution >= 4 is 17.6 Å². The van der Waals surface area contributed by atoms with Crippen molar-refractivity contribution in [3.05, 3.63) is 42.2 Å². The Bertz CT molecular complexity index is 626. The van der Waals surface area contributed by atoms with E-state index in [-0.39, 0.29) is 5.69 Å². The average Bonchev–Trinajstić information content (AvgIpc) is 2.56. The number of carboxylic acids is 1. The minimum atomic E-state index is -1.00. The molecule has 7 heteroatoms. The SMILES string of the molecule is O=C(O)c1cccc(N2CCN(c3cccnn3)CC2)n1. The highest BCUT2D eigenvalue weighted by Crippen LogP contribution is 2.17. The minimum absolute atomic E-state index is 0.0730. The molecule has 1 aliphatic rings. The summed E-state index contributed by atoms with van der Waals surface area (Å²) < 4.78 is 0. The van der Waals surface area contributed by atoms with Gasteiger partial charge in [0, 0.05) is 32.4 Å². The lowest BCUT2D eigenvalue weighted by Gasteiger charge is -2.35. The second-order valence-electron chi connectivity index (χ2n) is 4.74. The van der Waals surface area contributed by atoms with Crippen LogP contribution in [0, 0.1) is 0 Å². The second-order valence-corrected chi connectivity index (χ2v) is 4.74. The predicted octanol–water partition coefficient (Wildman–Crippen LogP) is 0.896. The molecule has 7 nitrogen and oxygen atoms in total. The number of carbonyl (C=O) groups is 1. The second kappa shape index (κ2) is 5.74. The van der Waals surface area contributed by atoms with E-state index in [1.54, 1.807) is 12.3 Å². The van der Waals surface area contributed by atoms with E-state index in [1.807, 2.05) is 18.2 Å². The highest BCUT2D eigenvalue weighted by Gasteiger charge is 2.19. The zero-order valence-corrected chi connectivity index (χ0v) is 11.4. The first-order valence-corrected chi connectivity index (χ1v) is 6.72. The molecule has 21 heavy (non-hydrogen) atoms. The summed E-state index contributed by atoms with van der Waals surface area (Å²) in [6, 6.07) is 8.87. The molecule has 0 atom stereocenters. The van der Waals surface area contributed by atoms with Crippen LogP contribution in [0.4, 0.5) is 11.6 Å². The van der Waals surface area contributed by atoms with Crippen LogP contribution in [0.25, 0.3) is 0 Å². The molecule has 3 heterocycles. The summed E-state index contributed by atoms with van der Waals surface area (Å²) in [6.45, 7) is 3.15. The fourth-order valence-electron chi connectivity index (χ4n) is 2.35. The molecule has 1 fully saturated rings. The molecule has 0 bridgehead atoms. The molecule has 0 radical (unpaired) electrons. The molecule has 2 aromatic heterocycles. The molecule has 1 saturated heterocycles. The molecule has 0 saturated carbocycles. The van der Waals surface area contributed by atoms with Gasteiger partial charge in [0.05, 0.1) is 0 Å². The van der Waals surface area contributed by atoms with Gasteiger partial charge in [0.15, 0.2) is 11.5 Å². The zero-order valence-electron chi connectivity index (χ0n) is 11.4. The van der Waals surface area contributed by atoms with E-state index in [9.17, 15) is 4.79 Å². The molecule has 0 aliphatic carbocycles. The number of pyridine rings is 1. The number of hydrogen-bond acceptors (Lipinski definition) is 6. The van der Waals surface area contributed by atoms with Gasteiger partial charge in [0.25, 0.3) is 0 Å². The minimum Gasteiger partial charge on any atom is -0.477 e. The monoisotopic (exact) mass is 285 g/mol. The summed E-state index contributed by atoms with van der Waals surface area (Å²) in [6.07, 6.45) is 1.65. The molecule has 0 amide bonds. The maximum Gasteiger partial charge on any atom is 0.354 e. The van der Waals surface area contributed by atoms with Crippen molar-refractivity contribution in [3.63, 3.8) is 0 Å². The number of aromatic nitrogens is 3. The Hall–Kier alpha value is -2.70. The zero-order chi connectivity index (χ0) is 14.7. The van der Waals surface area contributed by atoms with Crippen LogP contribution in [0.3, 0.4) is 0 Å². The Morgan fingerprint density at radius 1 is 1.00 bits per heavy atom. The molecule has 0 unspecified atom stereocenters. The van der Waals surface area contributed by atoms with Crippen LogP contribution in [-0.4, -0.2) is 52.4 Å². The molecule has 2 aromatic rings. The molecule has 108 valence electrons. The van der Waals surface area contributed by atoms with Gasteiger partial charge in [-0.25, -0.2) is 9.78 Å². The smallest absolute Gasteiger partial charge is 0.354 e. The van der Waals surface area contributed by atoms with Gasteiger partial charge in [-0.3, -0.25) is 0 Å². The summed E-state index contributed by atoms with van der Waals surface area (Å²) >= 11 is 0. The largest absolute Gasteiger partial charge is 0.477 e. The van der Waals surface area contributed by atoms with E-state index in [0.29, 0.717) is 5.82 Å². The Kier molecular flexibility index (Phi) is 3.63. The Morgan fingerprint density at radius 2 is 1.67 bits per heavy atom. The van der Waals surface area contributed by atoms with Gasteiger partial charge < -0.3 is 14.9 Å². The maximum atomic E-state index is 11.0. The van der Waals surface area contributed by atoms with E-state index in [2.05, 4.69) is 25.0 Å². The van der Waals surface area contributed by atoms with E-state index in [1.165, 1.54) is 6.07 Å². The van der Waals surface area contributed by atoms with Crippen molar-refractivity contribution in [2.24, 2.45) is 0 Å². The first-order valence-electron chi connectivity index (χ1n) is 6.72. The topological polar surface area (TPSA) is 82.5 Å². The van der Waals surface area contributed by atoms with Crippen molar-refractivity contribution in [2.45, 2.75) is 0 Å². The number of rotatable bonds is 3. The van der Waals surface area contributed by atoms with Crippen molar-refractivity contribution < 1.29 is 9.90 Å². The van der Waals surface area contributed by atoms with Gasteiger partial charge in [-0.15, -0.1) is 5.10 Å². The van der Waals surface area contributed by atoms with Crippen LogP contribution < -0.4 is 9.80 Å². The number of anilines is 2. The third kappa shape index (κ3) is 2.91. The lowest BCUT2D eigenvalue weighted by molar-refractivity contribution is 0.0690. The molecule has 0 aromatic carbocycles. The van der Waals surface area contributed by atoms with E-state index >= 15 is 0 Å².